The molecule has 0 N–H and O–H groups in total. The lowest BCUT2D eigenvalue weighted by Crippen LogP contribution is -2.22. The molecule has 1 aromatic heterocycles. The van der Waals surface area contributed by atoms with Gasteiger partial charge in [-0.3, -0.25) is 4.98 Å². The molecule has 1 heterocycles. The maximum Gasteiger partial charge on any atom is 0.0648 e. The van der Waals surface area contributed by atoms with Crippen LogP contribution in [0.15, 0.2) is 42.6 Å². The Kier molecular flexibility index (Phi) is 4.67. The zero-order valence-corrected chi connectivity index (χ0v) is 12.5. The van der Waals surface area contributed by atoms with Crippen molar-refractivity contribution in [2.75, 3.05) is 11.9 Å². The minimum atomic E-state index is 0.180. The topological polar surface area (TPSA) is 16.1 Å². The van der Waals surface area contributed by atoms with E-state index in [4.69, 9.17) is 23.2 Å². The first-order valence-electron chi connectivity index (χ1n) is 6.11. The average molecular weight is 295 g/mol. The Balaban J connectivity index is 2.28. The number of nitrogens with zero attached hydrogens (tertiary/aromatic N) is 2. The summed E-state index contributed by atoms with van der Waals surface area (Å²) in [6, 6.07) is 12.1. The monoisotopic (exact) mass is 294 g/mol. The molecule has 0 aliphatic carbocycles. The van der Waals surface area contributed by atoms with Crippen molar-refractivity contribution < 1.29 is 0 Å². The average Bonchev–Trinajstić information content (AvgIpc) is 2.46. The molecule has 0 aliphatic rings. The van der Waals surface area contributed by atoms with Crippen molar-refractivity contribution in [3.8, 4) is 0 Å². The molecular weight excluding hydrogens is 279 g/mol. The van der Waals surface area contributed by atoms with Crippen molar-refractivity contribution in [2.24, 2.45) is 0 Å². The molecule has 2 nitrogen and oxygen atoms in total. The largest absolute Gasteiger partial charge is 0.368 e. The molecule has 1 aromatic carbocycles. The Morgan fingerprint density at radius 3 is 2.68 bits per heavy atom. The lowest BCUT2D eigenvalue weighted by atomic mass is 10.1. The number of alkyl halides is 1. The van der Waals surface area contributed by atoms with E-state index in [0.717, 1.165) is 22.0 Å². The number of hydrogen-bond donors (Lipinski definition) is 0. The van der Waals surface area contributed by atoms with E-state index in [-0.39, 0.29) is 6.04 Å². The van der Waals surface area contributed by atoms with Crippen molar-refractivity contribution in [3.05, 3.63) is 58.9 Å². The van der Waals surface area contributed by atoms with Gasteiger partial charge in [0.15, 0.2) is 0 Å². The fourth-order valence-corrected chi connectivity index (χ4v) is 2.44. The van der Waals surface area contributed by atoms with Crippen LogP contribution in [0.5, 0.6) is 0 Å². The highest BCUT2D eigenvalue weighted by molar-refractivity contribution is 6.31. The molecule has 1 unspecified atom stereocenters. The summed E-state index contributed by atoms with van der Waals surface area (Å²) >= 11 is 12.1. The summed E-state index contributed by atoms with van der Waals surface area (Å²) in [5.41, 5.74) is 3.06. The molecule has 0 fully saturated rings. The zero-order valence-electron chi connectivity index (χ0n) is 11.0. The highest BCUT2D eigenvalue weighted by atomic mass is 35.5. The second-order valence-corrected chi connectivity index (χ2v) is 5.12. The van der Waals surface area contributed by atoms with Crippen LogP contribution in [-0.2, 0) is 5.88 Å². The van der Waals surface area contributed by atoms with Crippen LogP contribution in [0.1, 0.15) is 24.2 Å². The SMILES string of the molecule is CC(c1ccccc1Cl)N(C)c1ccnc(CCl)c1. The van der Waals surface area contributed by atoms with Crippen LogP contribution in [0.25, 0.3) is 0 Å². The van der Waals surface area contributed by atoms with Crippen molar-refractivity contribution >= 4 is 28.9 Å². The van der Waals surface area contributed by atoms with Gasteiger partial charge >= 0.3 is 0 Å². The van der Waals surface area contributed by atoms with E-state index >= 15 is 0 Å². The van der Waals surface area contributed by atoms with Crippen molar-refractivity contribution in [3.63, 3.8) is 0 Å². The number of benzene rings is 1. The Morgan fingerprint density at radius 1 is 1.26 bits per heavy atom. The summed E-state index contributed by atoms with van der Waals surface area (Å²) in [6.07, 6.45) is 1.78. The van der Waals surface area contributed by atoms with Crippen molar-refractivity contribution in [1.29, 1.82) is 0 Å². The van der Waals surface area contributed by atoms with Gasteiger partial charge in [-0.05, 0) is 30.7 Å². The van der Waals surface area contributed by atoms with Crippen LogP contribution in [0.2, 0.25) is 5.02 Å². The van der Waals surface area contributed by atoms with E-state index in [1.54, 1.807) is 6.20 Å². The van der Waals surface area contributed by atoms with Gasteiger partial charge in [-0.1, -0.05) is 29.8 Å². The number of rotatable bonds is 4. The third-order valence-electron chi connectivity index (χ3n) is 3.28. The van der Waals surface area contributed by atoms with Crippen LogP contribution in [0, 0.1) is 0 Å². The van der Waals surface area contributed by atoms with Gasteiger partial charge in [0.1, 0.15) is 0 Å². The summed E-state index contributed by atoms with van der Waals surface area (Å²) < 4.78 is 0. The van der Waals surface area contributed by atoms with Crippen molar-refractivity contribution in [1.82, 2.24) is 4.98 Å². The lowest BCUT2D eigenvalue weighted by Gasteiger charge is -2.28. The summed E-state index contributed by atoms with van der Waals surface area (Å²) in [7, 11) is 2.04. The van der Waals surface area contributed by atoms with Crippen LogP contribution in [0.4, 0.5) is 5.69 Å². The molecule has 2 aromatic rings. The van der Waals surface area contributed by atoms with Gasteiger partial charge in [0.05, 0.1) is 17.6 Å². The highest BCUT2D eigenvalue weighted by Crippen LogP contribution is 2.29. The molecule has 0 bridgehead atoms. The Labute approximate surface area is 124 Å². The predicted molar refractivity (Wildman–Crippen MR) is 82.1 cm³/mol. The maximum atomic E-state index is 6.25. The van der Waals surface area contributed by atoms with Gasteiger partial charge in [-0.2, -0.15) is 0 Å². The summed E-state index contributed by atoms with van der Waals surface area (Å²) in [5.74, 6) is 0.419. The van der Waals surface area contributed by atoms with E-state index in [0.29, 0.717) is 5.88 Å². The summed E-state index contributed by atoms with van der Waals surface area (Å²) in [4.78, 5) is 6.37. The van der Waals surface area contributed by atoms with Crippen LogP contribution >= 0.6 is 23.2 Å². The van der Waals surface area contributed by atoms with Gasteiger partial charge in [0.2, 0.25) is 0 Å². The first-order valence-corrected chi connectivity index (χ1v) is 7.03. The smallest absolute Gasteiger partial charge is 0.0648 e. The Bertz CT molecular complexity index is 557. The molecule has 4 heteroatoms. The standard InChI is InChI=1S/C15H16Cl2N2/c1-11(14-5-3-4-6-15(14)17)19(2)13-7-8-18-12(9-13)10-16/h3-9,11H,10H2,1-2H3. The highest BCUT2D eigenvalue weighted by Gasteiger charge is 2.15. The normalized spacial score (nSPS) is 12.2. The van der Waals surface area contributed by atoms with E-state index in [1.807, 2.05) is 43.4 Å². The maximum absolute atomic E-state index is 6.25. The fraction of sp³-hybridized carbons (Fsp3) is 0.267. The van der Waals surface area contributed by atoms with Crippen LogP contribution in [0.3, 0.4) is 0 Å². The van der Waals surface area contributed by atoms with Gasteiger partial charge in [-0.25, -0.2) is 0 Å². The van der Waals surface area contributed by atoms with Gasteiger partial charge in [0, 0.05) is 24.0 Å². The summed E-state index contributed by atoms with van der Waals surface area (Å²) in [5, 5.41) is 0.786. The number of hydrogen-bond acceptors (Lipinski definition) is 2. The molecular formula is C15H16Cl2N2. The van der Waals surface area contributed by atoms with Gasteiger partial charge in [-0.15, -0.1) is 11.6 Å². The molecule has 19 heavy (non-hydrogen) atoms. The molecule has 0 aliphatic heterocycles. The molecule has 1 atom stereocenters. The Hall–Kier alpha value is -1.25. The summed E-state index contributed by atoms with van der Waals surface area (Å²) in [6.45, 7) is 2.13. The van der Waals surface area contributed by atoms with E-state index in [1.165, 1.54) is 0 Å². The number of halogens is 2. The third-order valence-corrected chi connectivity index (χ3v) is 3.90. The molecule has 0 amide bonds. The van der Waals surface area contributed by atoms with Gasteiger partial charge in [0.25, 0.3) is 0 Å². The fourth-order valence-electron chi connectivity index (χ4n) is 2.00. The first kappa shape index (κ1) is 14.2. The van der Waals surface area contributed by atoms with Crippen LogP contribution < -0.4 is 4.90 Å². The van der Waals surface area contributed by atoms with Gasteiger partial charge < -0.3 is 4.90 Å². The second kappa shape index (κ2) is 6.27. The molecule has 0 radical (unpaired) electrons. The molecule has 100 valence electrons. The first-order chi connectivity index (χ1) is 9.13. The number of pyridine rings is 1. The third kappa shape index (κ3) is 3.20. The second-order valence-electron chi connectivity index (χ2n) is 4.45. The molecule has 2 rings (SSSR count). The number of anilines is 1. The van der Waals surface area contributed by atoms with E-state index in [2.05, 4.69) is 16.8 Å². The van der Waals surface area contributed by atoms with Crippen LogP contribution in [-0.4, -0.2) is 12.0 Å². The quantitative estimate of drug-likeness (QED) is 0.762. The van der Waals surface area contributed by atoms with E-state index < -0.39 is 0 Å². The molecule has 0 spiro atoms. The number of aromatic nitrogens is 1. The van der Waals surface area contributed by atoms with Crippen molar-refractivity contribution in [2.45, 2.75) is 18.8 Å². The molecule has 0 saturated heterocycles. The van der Waals surface area contributed by atoms with E-state index in [9.17, 15) is 0 Å². The minimum absolute atomic E-state index is 0.180. The lowest BCUT2D eigenvalue weighted by molar-refractivity contribution is 0.739. The zero-order chi connectivity index (χ0) is 13.8. The predicted octanol–water partition coefficient (Wildman–Crippen LogP) is 4.67. The minimum Gasteiger partial charge on any atom is -0.368 e. The Morgan fingerprint density at radius 2 is 2.00 bits per heavy atom. The molecule has 0 saturated carbocycles.